The van der Waals surface area contributed by atoms with Gasteiger partial charge in [-0.25, -0.2) is 4.68 Å². The van der Waals surface area contributed by atoms with E-state index >= 15 is 0 Å². The maximum atomic E-state index is 12.1. The molecule has 0 atom stereocenters. The van der Waals surface area contributed by atoms with Gasteiger partial charge in [-0.05, 0) is 26.0 Å². The number of para-hydroxylation sites is 1. The Morgan fingerprint density at radius 2 is 1.91 bits per heavy atom. The Balaban J connectivity index is 2.39. The van der Waals surface area contributed by atoms with Crippen LogP contribution in [0, 0.1) is 0 Å². The molecule has 0 bridgehead atoms. The minimum atomic E-state index is -0.267. The molecule has 1 aromatic carbocycles. The van der Waals surface area contributed by atoms with Crippen LogP contribution in [0.4, 0.5) is 5.82 Å². The maximum Gasteiger partial charge on any atom is 0.272 e. The molecular formula is C16H20N4O2. The number of hydrogen-bond donors (Lipinski definition) is 2. The Morgan fingerprint density at radius 3 is 2.50 bits per heavy atom. The summed E-state index contributed by atoms with van der Waals surface area (Å²) in [5.74, 6) is 0.0801. The number of nitrogens with zero attached hydrogens (tertiary/aromatic N) is 2. The standard InChI is InChI=1S/C16H20N4O2/c1-4-15(21)18-14-10-13(16(22)17-11(2)3)19-20(14)12-8-6-5-7-9-12/h5-11H,4H2,1-3H3,(H,17,22)(H,18,21). The summed E-state index contributed by atoms with van der Waals surface area (Å²) in [5, 5.41) is 9.87. The van der Waals surface area contributed by atoms with Crippen LogP contribution >= 0.6 is 0 Å². The highest BCUT2D eigenvalue weighted by Crippen LogP contribution is 2.17. The van der Waals surface area contributed by atoms with Crippen LogP contribution in [0.1, 0.15) is 37.7 Å². The van der Waals surface area contributed by atoms with Gasteiger partial charge in [-0.3, -0.25) is 9.59 Å². The molecule has 0 radical (unpaired) electrons. The van der Waals surface area contributed by atoms with Crippen molar-refractivity contribution in [2.45, 2.75) is 33.2 Å². The average molecular weight is 300 g/mol. The predicted octanol–water partition coefficient (Wildman–Crippen LogP) is 2.36. The van der Waals surface area contributed by atoms with Gasteiger partial charge >= 0.3 is 0 Å². The van der Waals surface area contributed by atoms with Gasteiger partial charge in [0.25, 0.3) is 5.91 Å². The Morgan fingerprint density at radius 1 is 1.23 bits per heavy atom. The van der Waals surface area contributed by atoms with E-state index in [0.29, 0.717) is 12.2 Å². The minimum Gasteiger partial charge on any atom is -0.348 e. The molecule has 2 aromatic rings. The molecule has 2 rings (SSSR count). The van der Waals surface area contributed by atoms with Crippen LogP contribution in [-0.2, 0) is 4.79 Å². The molecule has 2 amide bonds. The summed E-state index contributed by atoms with van der Waals surface area (Å²) in [7, 11) is 0. The van der Waals surface area contributed by atoms with Crippen LogP contribution in [0.5, 0.6) is 0 Å². The van der Waals surface area contributed by atoms with Crippen molar-refractivity contribution in [3.63, 3.8) is 0 Å². The number of benzene rings is 1. The van der Waals surface area contributed by atoms with Crippen molar-refractivity contribution in [3.05, 3.63) is 42.1 Å². The molecule has 6 heteroatoms. The zero-order valence-electron chi connectivity index (χ0n) is 13.0. The van der Waals surface area contributed by atoms with Crippen molar-refractivity contribution >= 4 is 17.6 Å². The van der Waals surface area contributed by atoms with Crippen molar-refractivity contribution in [1.82, 2.24) is 15.1 Å². The summed E-state index contributed by atoms with van der Waals surface area (Å²) in [5.41, 5.74) is 1.04. The van der Waals surface area contributed by atoms with Crippen LogP contribution in [-0.4, -0.2) is 27.6 Å². The van der Waals surface area contributed by atoms with Crippen LogP contribution in [0.2, 0.25) is 0 Å². The van der Waals surface area contributed by atoms with Crippen molar-refractivity contribution < 1.29 is 9.59 Å². The fourth-order valence-electron chi connectivity index (χ4n) is 1.91. The molecular weight excluding hydrogens is 280 g/mol. The molecule has 0 aliphatic heterocycles. The van der Waals surface area contributed by atoms with Crippen molar-refractivity contribution in [2.24, 2.45) is 0 Å². The van der Waals surface area contributed by atoms with E-state index in [-0.39, 0.29) is 23.6 Å². The number of rotatable bonds is 5. The number of amides is 2. The first kappa shape index (κ1) is 15.8. The topological polar surface area (TPSA) is 76.0 Å². The third-order valence-corrected chi connectivity index (χ3v) is 2.95. The van der Waals surface area contributed by atoms with Gasteiger partial charge in [0.1, 0.15) is 5.82 Å². The fourth-order valence-corrected chi connectivity index (χ4v) is 1.91. The van der Waals surface area contributed by atoms with Gasteiger partial charge in [-0.2, -0.15) is 5.10 Å². The molecule has 0 aliphatic rings. The smallest absolute Gasteiger partial charge is 0.272 e. The fraction of sp³-hybridized carbons (Fsp3) is 0.312. The van der Waals surface area contributed by atoms with E-state index < -0.39 is 0 Å². The summed E-state index contributed by atoms with van der Waals surface area (Å²) >= 11 is 0. The van der Waals surface area contributed by atoms with E-state index in [4.69, 9.17) is 0 Å². The van der Waals surface area contributed by atoms with E-state index in [1.165, 1.54) is 0 Å². The first-order valence-corrected chi connectivity index (χ1v) is 7.27. The monoisotopic (exact) mass is 300 g/mol. The molecule has 1 heterocycles. The van der Waals surface area contributed by atoms with E-state index in [2.05, 4.69) is 15.7 Å². The van der Waals surface area contributed by atoms with Crippen LogP contribution in [0.15, 0.2) is 36.4 Å². The summed E-state index contributed by atoms with van der Waals surface area (Å²) in [6, 6.07) is 11.0. The maximum absolute atomic E-state index is 12.1. The van der Waals surface area contributed by atoms with Gasteiger partial charge in [0.2, 0.25) is 5.91 Å². The van der Waals surface area contributed by atoms with E-state index in [0.717, 1.165) is 5.69 Å². The SMILES string of the molecule is CCC(=O)Nc1cc(C(=O)NC(C)C)nn1-c1ccccc1. The lowest BCUT2D eigenvalue weighted by Gasteiger charge is -2.07. The Hall–Kier alpha value is -2.63. The lowest BCUT2D eigenvalue weighted by atomic mass is 10.3. The van der Waals surface area contributed by atoms with E-state index in [1.807, 2.05) is 44.2 Å². The van der Waals surface area contributed by atoms with Crippen LogP contribution in [0.25, 0.3) is 5.69 Å². The molecule has 0 unspecified atom stereocenters. The molecule has 2 N–H and O–H groups in total. The summed E-state index contributed by atoms with van der Waals surface area (Å²) in [6.45, 7) is 5.53. The lowest BCUT2D eigenvalue weighted by molar-refractivity contribution is -0.115. The van der Waals surface area contributed by atoms with Crippen LogP contribution in [0.3, 0.4) is 0 Å². The number of carbonyl (C=O) groups excluding carboxylic acids is 2. The quantitative estimate of drug-likeness (QED) is 0.890. The van der Waals surface area contributed by atoms with Crippen LogP contribution < -0.4 is 10.6 Å². The third-order valence-electron chi connectivity index (χ3n) is 2.95. The molecule has 6 nitrogen and oxygen atoms in total. The molecule has 0 saturated heterocycles. The Labute approximate surface area is 129 Å². The van der Waals surface area contributed by atoms with Gasteiger partial charge < -0.3 is 10.6 Å². The number of anilines is 1. The van der Waals surface area contributed by atoms with E-state index in [9.17, 15) is 9.59 Å². The number of nitrogens with one attached hydrogen (secondary N) is 2. The molecule has 0 fully saturated rings. The first-order chi connectivity index (χ1) is 10.5. The van der Waals surface area contributed by atoms with Gasteiger partial charge in [-0.15, -0.1) is 0 Å². The van der Waals surface area contributed by atoms with Gasteiger partial charge in [0, 0.05) is 18.5 Å². The molecule has 0 aliphatic carbocycles. The van der Waals surface area contributed by atoms with Gasteiger partial charge in [0.05, 0.1) is 5.69 Å². The van der Waals surface area contributed by atoms with Crippen molar-refractivity contribution in [1.29, 1.82) is 0 Å². The lowest BCUT2D eigenvalue weighted by Crippen LogP contribution is -2.30. The highest BCUT2D eigenvalue weighted by Gasteiger charge is 2.17. The second-order valence-electron chi connectivity index (χ2n) is 5.19. The second-order valence-corrected chi connectivity index (χ2v) is 5.19. The largest absolute Gasteiger partial charge is 0.348 e. The predicted molar refractivity (Wildman–Crippen MR) is 85.1 cm³/mol. The number of aromatic nitrogens is 2. The zero-order valence-corrected chi connectivity index (χ0v) is 13.0. The van der Waals surface area contributed by atoms with Crippen molar-refractivity contribution in [3.8, 4) is 5.69 Å². The summed E-state index contributed by atoms with van der Waals surface area (Å²) in [4.78, 5) is 23.8. The zero-order chi connectivity index (χ0) is 16.1. The number of carbonyl (C=O) groups is 2. The normalized spacial score (nSPS) is 10.5. The third kappa shape index (κ3) is 3.72. The second kappa shape index (κ2) is 6.89. The average Bonchev–Trinajstić information content (AvgIpc) is 2.91. The van der Waals surface area contributed by atoms with Gasteiger partial charge in [-0.1, -0.05) is 25.1 Å². The first-order valence-electron chi connectivity index (χ1n) is 7.27. The van der Waals surface area contributed by atoms with Crippen molar-refractivity contribution in [2.75, 3.05) is 5.32 Å². The molecule has 0 spiro atoms. The summed E-state index contributed by atoms with van der Waals surface area (Å²) in [6.07, 6.45) is 0.355. The minimum absolute atomic E-state index is 0.0167. The Bertz CT molecular complexity index is 662. The van der Waals surface area contributed by atoms with E-state index in [1.54, 1.807) is 17.7 Å². The highest BCUT2D eigenvalue weighted by atomic mass is 16.2. The molecule has 0 saturated carbocycles. The van der Waals surface area contributed by atoms with Gasteiger partial charge in [0.15, 0.2) is 5.69 Å². The molecule has 22 heavy (non-hydrogen) atoms. The Kier molecular flexibility index (Phi) is 4.93. The molecule has 1 aromatic heterocycles. The highest BCUT2D eigenvalue weighted by molar-refractivity contribution is 5.95. The number of hydrogen-bond acceptors (Lipinski definition) is 3. The molecule has 116 valence electrons. The summed E-state index contributed by atoms with van der Waals surface area (Å²) < 4.78 is 1.56.